The lowest BCUT2D eigenvalue weighted by molar-refractivity contribution is -0.128. The van der Waals surface area contributed by atoms with Gasteiger partial charge in [0.15, 0.2) is 17.5 Å². The second kappa shape index (κ2) is 11.2. The minimum Gasteiger partial charge on any atom is -0.457 e. The monoisotopic (exact) mass is 585 g/mol. The van der Waals surface area contributed by atoms with Crippen LogP contribution in [0, 0.1) is 18.6 Å². The molecule has 3 aromatic heterocycles. The number of imidazole rings is 1. The number of anilines is 3. The average molecular weight is 586 g/mol. The summed E-state index contributed by atoms with van der Waals surface area (Å²) in [5.74, 6) is 0.0566. The van der Waals surface area contributed by atoms with Gasteiger partial charge >= 0.3 is 0 Å². The lowest BCUT2D eigenvalue weighted by Gasteiger charge is -2.40. The number of aryl methyl sites for hydroxylation is 1. The fraction of sp³-hybridized carbons (Fsp3) is 0.267. The molecule has 13 heteroatoms. The first-order valence-electron chi connectivity index (χ1n) is 13.8. The molecule has 1 saturated heterocycles. The second-order valence-corrected chi connectivity index (χ2v) is 10.3. The Labute approximate surface area is 245 Å². The number of nitrogens with one attached hydrogen (secondary N) is 1. The molecule has 4 heterocycles. The van der Waals surface area contributed by atoms with Crippen LogP contribution < -0.4 is 15.0 Å². The highest BCUT2D eigenvalue weighted by Gasteiger charge is 2.29. The van der Waals surface area contributed by atoms with Crippen LogP contribution in [-0.2, 0) is 11.8 Å². The van der Waals surface area contributed by atoms with E-state index in [-0.39, 0.29) is 34.7 Å². The summed E-state index contributed by atoms with van der Waals surface area (Å²) in [5.41, 5.74) is 2.06. The van der Waals surface area contributed by atoms with Gasteiger partial charge in [-0.2, -0.15) is 0 Å². The topological polar surface area (TPSA) is 114 Å². The van der Waals surface area contributed by atoms with Gasteiger partial charge in [-0.3, -0.25) is 4.79 Å². The van der Waals surface area contributed by atoms with E-state index in [4.69, 9.17) is 9.72 Å². The van der Waals surface area contributed by atoms with E-state index in [9.17, 15) is 9.18 Å². The number of amides is 1. The van der Waals surface area contributed by atoms with Crippen molar-refractivity contribution >= 4 is 45.4 Å². The van der Waals surface area contributed by atoms with Gasteiger partial charge in [-0.25, -0.2) is 33.7 Å². The number of fused-ring (bicyclic) bond motifs is 2. The van der Waals surface area contributed by atoms with Crippen LogP contribution in [0.2, 0.25) is 0 Å². The van der Waals surface area contributed by atoms with Crippen molar-refractivity contribution in [1.82, 2.24) is 34.4 Å². The van der Waals surface area contributed by atoms with E-state index in [1.807, 2.05) is 16.7 Å². The van der Waals surface area contributed by atoms with Crippen LogP contribution in [0.4, 0.5) is 26.2 Å². The molecule has 1 amide bonds. The number of carbonyl (C=O) groups excluding carboxylic acids is 1. The van der Waals surface area contributed by atoms with E-state index in [2.05, 4.69) is 31.8 Å². The molecule has 0 bridgehead atoms. The number of carbonyl (C=O) groups is 1. The molecule has 0 saturated carbocycles. The third-order valence-corrected chi connectivity index (χ3v) is 7.62. The zero-order valence-electron chi connectivity index (χ0n) is 23.9. The van der Waals surface area contributed by atoms with E-state index in [1.165, 1.54) is 30.9 Å². The molecule has 1 aliphatic heterocycles. The number of benzene rings is 2. The summed E-state index contributed by atoms with van der Waals surface area (Å²) < 4.78 is 37.7. The van der Waals surface area contributed by atoms with Crippen LogP contribution in [0.3, 0.4) is 0 Å². The van der Waals surface area contributed by atoms with Crippen molar-refractivity contribution in [2.24, 2.45) is 7.05 Å². The molecule has 1 atom stereocenters. The zero-order chi connectivity index (χ0) is 30.2. The summed E-state index contributed by atoms with van der Waals surface area (Å²) in [7, 11) is 1.70. The number of hydrogen-bond donors (Lipinski definition) is 1. The van der Waals surface area contributed by atoms with Crippen molar-refractivity contribution in [1.29, 1.82) is 0 Å². The maximum absolute atomic E-state index is 15.6. The van der Waals surface area contributed by atoms with Gasteiger partial charge in [0.2, 0.25) is 11.9 Å². The summed E-state index contributed by atoms with van der Waals surface area (Å²) in [5, 5.41) is 3.04. The molecule has 0 aliphatic carbocycles. The number of nitrogens with zero attached hydrogens (tertiary/aromatic N) is 8. The Balaban J connectivity index is 1.26. The molecular weight excluding hydrogens is 556 g/mol. The average Bonchev–Trinajstić information content (AvgIpc) is 3.40. The zero-order valence-corrected chi connectivity index (χ0v) is 23.9. The van der Waals surface area contributed by atoms with Gasteiger partial charge < -0.3 is 24.4 Å². The number of hydrogen-bond acceptors (Lipinski definition) is 9. The van der Waals surface area contributed by atoms with Crippen molar-refractivity contribution in [2.75, 3.05) is 29.9 Å². The molecular formula is C30H29F2N9O2. The van der Waals surface area contributed by atoms with Crippen molar-refractivity contribution in [3.8, 4) is 11.5 Å². The first-order valence-corrected chi connectivity index (χ1v) is 13.8. The van der Waals surface area contributed by atoms with Gasteiger partial charge in [-0.15, -0.1) is 0 Å². The second-order valence-electron chi connectivity index (χ2n) is 10.3. The Kier molecular flexibility index (Phi) is 7.30. The van der Waals surface area contributed by atoms with Crippen molar-refractivity contribution in [3.63, 3.8) is 0 Å². The first-order chi connectivity index (χ1) is 20.8. The van der Waals surface area contributed by atoms with E-state index in [1.54, 1.807) is 36.9 Å². The van der Waals surface area contributed by atoms with E-state index >= 15 is 4.39 Å². The van der Waals surface area contributed by atoms with Crippen LogP contribution in [0.5, 0.6) is 11.5 Å². The van der Waals surface area contributed by atoms with Gasteiger partial charge in [-0.1, -0.05) is 13.5 Å². The van der Waals surface area contributed by atoms with Gasteiger partial charge in [-0.05, 0) is 31.6 Å². The van der Waals surface area contributed by atoms with Crippen LogP contribution in [0.25, 0.3) is 22.1 Å². The van der Waals surface area contributed by atoms with Gasteiger partial charge in [0, 0.05) is 50.4 Å². The molecule has 1 aliphatic rings. The highest BCUT2D eigenvalue weighted by molar-refractivity contribution is 5.88. The Morgan fingerprint density at radius 1 is 1.16 bits per heavy atom. The molecule has 0 radical (unpaired) electrons. The number of ether oxygens (including phenoxy) is 1. The fourth-order valence-electron chi connectivity index (χ4n) is 5.28. The van der Waals surface area contributed by atoms with Gasteiger partial charge in [0.25, 0.3) is 0 Å². The van der Waals surface area contributed by atoms with Crippen LogP contribution in [0.15, 0.2) is 55.8 Å². The number of aromatic nitrogens is 6. The number of halogens is 2. The highest BCUT2D eigenvalue weighted by atomic mass is 19.1. The predicted octanol–water partition coefficient (Wildman–Crippen LogP) is 5.04. The Bertz CT molecular complexity index is 1880. The summed E-state index contributed by atoms with van der Waals surface area (Å²) >= 11 is 0. The minimum atomic E-state index is -0.563. The van der Waals surface area contributed by atoms with Gasteiger partial charge in [0.1, 0.15) is 34.4 Å². The summed E-state index contributed by atoms with van der Waals surface area (Å²) in [6.07, 6.45) is 6.57. The van der Waals surface area contributed by atoms with Crippen LogP contribution >= 0.6 is 0 Å². The van der Waals surface area contributed by atoms with Crippen LogP contribution in [-0.4, -0.2) is 66.0 Å². The van der Waals surface area contributed by atoms with E-state index < -0.39 is 11.6 Å². The maximum atomic E-state index is 15.6. The Hall–Kier alpha value is -5.20. The molecule has 2 aromatic carbocycles. The molecule has 220 valence electrons. The molecule has 43 heavy (non-hydrogen) atoms. The van der Waals surface area contributed by atoms with E-state index in [0.717, 1.165) is 6.42 Å². The Morgan fingerprint density at radius 2 is 2.00 bits per heavy atom. The van der Waals surface area contributed by atoms with E-state index in [0.29, 0.717) is 53.5 Å². The maximum Gasteiger partial charge on any atom is 0.246 e. The van der Waals surface area contributed by atoms with Gasteiger partial charge in [0.05, 0.1) is 23.7 Å². The molecule has 0 spiro atoms. The summed E-state index contributed by atoms with van der Waals surface area (Å²) in [6.45, 7) is 8.83. The van der Waals surface area contributed by atoms with Crippen molar-refractivity contribution in [2.45, 2.75) is 26.3 Å². The smallest absolute Gasteiger partial charge is 0.246 e. The third kappa shape index (κ3) is 5.17. The quantitative estimate of drug-likeness (QED) is 0.262. The number of piperazine rings is 1. The largest absolute Gasteiger partial charge is 0.457 e. The summed E-state index contributed by atoms with van der Waals surface area (Å²) in [6, 6.07) is 5.96. The number of rotatable bonds is 7. The van der Waals surface area contributed by atoms with Crippen LogP contribution in [0.1, 0.15) is 18.9 Å². The SMILES string of the molecule is C=CC(=O)N1CCN(c2ncc3ncnc(Nc4ccc(Oc5cc(F)c6c(c5)ncn6C)c(C)c4F)c3n2)C[C@H]1CC. The van der Waals surface area contributed by atoms with Crippen molar-refractivity contribution < 1.29 is 18.3 Å². The molecule has 5 aromatic rings. The summed E-state index contributed by atoms with van der Waals surface area (Å²) in [4.78, 5) is 38.1. The standard InChI is InChI=1S/C30H29F2N9O2/c1-5-18-14-40(9-10-41(18)25(42)6-2)30-33-13-23-27(38-30)29(35-15-34-23)37-21-7-8-24(17(3)26(21)32)43-19-11-20(31)28-22(12-19)36-16-39(28)4/h6-8,11-13,15-16,18H,2,5,9-10,14H2,1,3-4H3,(H,34,35,37)/t18-/m1/s1. The predicted molar refractivity (Wildman–Crippen MR) is 158 cm³/mol. The molecule has 1 N–H and O–H groups in total. The van der Waals surface area contributed by atoms with Crippen molar-refractivity contribution in [3.05, 3.63) is 73.0 Å². The third-order valence-electron chi connectivity index (χ3n) is 7.62. The Morgan fingerprint density at radius 3 is 2.79 bits per heavy atom. The first kappa shape index (κ1) is 27.9. The lowest BCUT2D eigenvalue weighted by Crippen LogP contribution is -2.55. The molecule has 1 fully saturated rings. The molecule has 0 unspecified atom stereocenters. The lowest BCUT2D eigenvalue weighted by atomic mass is 10.1. The normalized spacial score (nSPS) is 15.2. The fourth-order valence-corrected chi connectivity index (χ4v) is 5.28. The molecule has 6 rings (SSSR count). The highest BCUT2D eigenvalue weighted by Crippen LogP contribution is 2.34. The molecule has 11 nitrogen and oxygen atoms in total. The minimum absolute atomic E-state index is 0.0108.